The molecule has 0 spiro atoms. The zero-order valence-corrected chi connectivity index (χ0v) is 59.2. The van der Waals surface area contributed by atoms with Gasteiger partial charge in [-0.25, -0.2) is 29.9 Å². The number of aromatic nitrogens is 8. The first-order valence-electron chi connectivity index (χ1n) is 36.4. The molecule has 6 aromatic heterocycles. The first-order valence-corrected chi connectivity index (χ1v) is 36.4. The Hall–Kier alpha value is -14.1. The van der Waals surface area contributed by atoms with Crippen molar-refractivity contribution >= 4 is 87.5 Å². The van der Waals surface area contributed by atoms with Crippen molar-refractivity contribution in [3.63, 3.8) is 0 Å². The molecular formula is C96H64N8O4. The first kappa shape index (κ1) is 62.5. The van der Waals surface area contributed by atoms with Gasteiger partial charge in [0, 0.05) is 110 Å². The zero-order chi connectivity index (χ0) is 71.9. The molecule has 2 aliphatic heterocycles. The van der Waals surface area contributed by atoms with E-state index in [1.807, 2.05) is 146 Å². The van der Waals surface area contributed by atoms with E-state index in [1.165, 1.54) is 38.4 Å². The number of fused-ring (bicyclic) bond motifs is 18. The molecular weight excluding hydrogens is 1330 g/mol. The van der Waals surface area contributed by atoms with Crippen molar-refractivity contribution in [2.45, 2.75) is 38.5 Å². The van der Waals surface area contributed by atoms with Crippen LogP contribution >= 0.6 is 0 Å². The Kier molecular flexibility index (Phi) is 14.0. The Morgan fingerprint density at radius 1 is 0.269 bits per heavy atom. The van der Waals surface area contributed by atoms with Gasteiger partial charge in [-0.15, -0.1) is 0 Å². The Morgan fingerprint density at radius 3 is 1.15 bits per heavy atom. The summed E-state index contributed by atoms with van der Waals surface area (Å²) in [5, 5.41) is 8.72. The second-order valence-electron chi connectivity index (χ2n) is 28.8. The summed E-state index contributed by atoms with van der Waals surface area (Å²) in [6, 6.07) is 108. The molecule has 22 rings (SSSR count). The average molecular weight is 1390 g/mol. The van der Waals surface area contributed by atoms with Gasteiger partial charge >= 0.3 is 0 Å². The minimum absolute atomic E-state index is 0.240. The van der Waals surface area contributed by atoms with E-state index in [0.29, 0.717) is 34.9 Å². The minimum atomic E-state index is -0.307. The summed E-state index contributed by atoms with van der Waals surface area (Å²) in [5.41, 5.74) is 19.0. The third-order valence-corrected chi connectivity index (χ3v) is 21.8. The van der Waals surface area contributed by atoms with Crippen LogP contribution < -0.4 is 9.47 Å². The van der Waals surface area contributed by atoms with E-state index in [2.05, 4.69) is 207 Å². The standard InChI is InChI=1S/2C48H32N4O2/c1-48(2)37-21-10-12-23-41(37)54-44-38(48)26-25-33-32-18-9-11-22-39(32)52(42(33)44)31-24-27-40-36(28-31)34-19-13-20-35(43(34)53-40)47-50-45(29-14-5-3-6-15-29)49-46(51-47)30-16-7-4-8-17-30;1-48(2)37-21-10-12-23-40(37)53-41-27-25-33-32-18-9-11-22-38(32)52(43(33)42(41)48)31-24-26-39-36(28-31)34-19-13-20-35(44(34)54-39)47-50-45(29-14-5-3-6-15-29)49-46(51-47)30-16-7-4-8-17-30/h2*3-28H,1-2H3. The number of rotatable bonds is 8. The van der Waals surface area contributed by atoms with Crippen molar-refractivity contribution in [3.05, 3.63) is 338 Å². The van der Waals surface area contributed by atoms with Gasteiger partial charge < -0.3 is 27.4 Å². The van der Waals surface area contributed by atoms with Crippen molar-refractivity contribution in [3.8, 4) is 103 Å². The van der Waals surface area contributed by atoms with Crippen LogP contribution in [0.4, 0.5) is 0 Å². The minimum Gasteiger partial charge on any atom is -0.457 e. The van der Waals surface area contributed by atoms with Crippen LogP contribution in [0.15, 0.2) is 324 Å². The maximum Gasteiger partial charge on any atom is 0.167 e. The highest BCUT2D eigenvalue weighted by atomic mass is 16.5. The predicted molar refractivity (Wildman–Crippen MR) is 433 cm³/mol. The fourth-order valence-corrected chi connectivity index (χ4v) is 16.6. The number of ether oxygens (including phenoxy) is 2. The van der Waals surface area contributed by atoms with Crippen LogP contribution in [-0.2, 0) is 10.8 Å². The third kappa shape index (κ3) is 9.83. The average Bonchev–Trinajstić information content (AvgIpc) is 1.51. The quantitative estimate of drug-likeness (QED) is 0.145. The van der Waals surface area contributed by atoms with Crippen molar-refractivity contribution in [1.29, 1.82) is 0 Å². The molecule has 0 bridgehead atoms. The van der Waals surface area contributed by atoms with E-state index >= 15 is 0 Å². The second kappa shape index (κ2) is 24.2. The zero-order valence-electron chi connectivity index (χ0n) is 59.2. The highest BCUT2D eigenvalue weighted by Gasteiger charge is 2.39. The molecule has 108 heavy (non-hydrogen) atoms. The van der Waals surface area contributed by atoms with Gasteiger partial charge in [0.15, 0.2) is 40.7 Å². The SMILES string of the molecule is CC1(C)c2ccccc2Oc2c1ccc1c3ccccc3n(-c3ccc4oc5c(-c6nc(-c7ccccc7)nc(-c7ccccc7)n6)cccc5c4c3)c21.CC1(C)c2ccccc2Oc2ccc3c4ccccc4n(-c4ccc5oc6c(-c7nc(-c8ccccc8)nc(-c8ccccc8)n7)cccc6c5c4)c3c21. The third-order valence-electron chi connectivity index (χ3n) is 21.8. The molecule has 0 saturated heterocycles. The Morgan fingerprint density at radius 2 is 0.657 bits per heavy atom. The van der Waals surface area contributed by atoms with Crippen LogP contribution in [0.2, 0.25) is 0 Å². The molecule has 14 aromatic carbocycles. The Bertz CT molecular complexity index is 6940. The fourth-order valence-electron chi connectivity index (χ4n) is 16.6. The van der Waals surface area contributed by atoms with E-state index < -0.39 is 0 Å². The van der Waals surface area contributed by atoms with E-state index in [-0.39, 0.29) is 10.8 Å². The van der Waals surface area contributed by atoms with E-state index in [9.17, 15) is 0 Å². The van der Waals surface area contributed by atoms with Gasteiger partial charge in [0.1, 0.15) is 39.6 Å². The summed E-state index contributed by atoms with van der Waals surface area (Å²) in [6.07, 6.45) is 0. The Balaban J connectivity index is 0.000000138. The molecule has 0 atom stereocenters. The molecule has 0 N–H and O–H groups in total. The first-order chi connectivity index (χ1) is 53.1. The largest absolute Gasteiger partial charge is 0.457 e. The molecule has 12 heteroatoms. The number of para-hydroxylation sites is 6. The number of benzene rings is 14. The highest BCUT2D eigenvalue weighted by Crippen LogP contribution is 2.55. The lowest BCUT2D eigenvalue weighted by molar-refractivity contribution is 0.420. The van der Waals surface area contributed by atoms with Crippen molar-refractivity contribution in [1.82, 2.24) is 39.0 Å². The maximum absolute atomic E-state index is 6.85. The molecule has 0 saturated carbocycles. The van der Waals surface area contributed by atoms with Crippen molar-refractivity contribution < 1.29 is 18.3 Å². The topological polar surface area (TPSA) is 132 Å². The molecule has 512 valence electrons. The number of hydrogen-bond donors (Lipinski definition) is 0. The highest BCUT2D eigenvalue weighted by molar-refractivity contribution is 6.16. The summed E-state index contributed by atoms with van der Waals surface area (Å²) in [7, 11) is 0. The summed E-state index contributed by atoms with van der Waals surface area (Å²) in [4.78, 5) is 29.9. The molecule has 20 aromatic rings. The van der Waals surface area contributed by atoms with Gasteiger partial charge in [0.25, 0.3) is 0 Å². The molecule has 0 unspecified atom stereocenters. The van der Waals surface area contributed by atoms with Crippen LogP contribution in [0.25, 0.3) is 167 Å². The van der Waals surface area contributed by atoms with Gasteiger partial charge in [-0.3, -0.25) is 0 Å². The van der Waals surface area contributed by atoms with Gasteiger partial charge in [-0.1, -0.05) is 258 Å². The lowest BCUT2D eigenvalue weighted by Crippen LogP contribution is -2.25. The summed E-state index contributed by atoms with van der Waals surface area (Å²) in [6.45, 7) is 9.17. The molecule has 12 nitrogen and oxygen atoms in total. The molecule has 0 fully saturated rings. The number of furan rings is 2. The van der Waals surface area contributed by atoms with E-state index in [1.54, 1.807) is 0 Å². The number of nitrogens with zero attached hydrogens (tertiary/aromatic N) is 8. The van der Waals surface area contributed by atoms with Gasteiger partial charge in [-0.2, -0.15) is 0 Å². The maximum atomic E-state index is 6.85. The lowest BCUT2D eigenvalue weighted by atomic mass is 9.75. The van der Waals surface area contributed by atoms with Crippen LogP contribution in [0.5, 0.6) is 23.0 Å². The molecule has 0 radical (unpaired) electrons. The van der Waals surface area contributed by atoms with E-state index in [4.69, 9.17) is 48.2 Å². The molecule has 0 amide bonds. The second-order valence-corrected chi connectivity index (χ2v) is 28.8. The number of hydrogen-bond acceptors (Lipinski definition) is 10. The molecule has 0 aliphatic carbocycles. The lowest BCUT2D eigenvalue weighted by Gasteiger charge is -2.35. The molecule has 2 aliphatic rings. The van der Waals surface area contributed by atoms with E-state index in [0.717, 1.165) is 139 Å². The van der Waals surface area contributed by atoms with Crippen molar-refractivity contribution in [2.24, 2.45) is 0 Å². The van der Waals surface area contributed by atoms with Gasteiger partial charge in [-0.05, 0) is 84.9 Å². The predicted octanol–water partition coefficient (Wildman–Crippen LogP) is 24.6. The molecule has 8 heterocycles. The van der Waals surface area contributed by atoms with Crippen LogP contribution in [0.1, 0.15) is 49.9 Å². The Labute approximate surface area is 620 Å². The monoisotopic (exact) mass is 1390 g/mol. The fraction of sp³-hybridized carbons (Fsp3) is 0.0625. The van der Waals surface area contributed by atoms with Crippen molar-refractivity contribution in [2.75, 3.05) is 0 Å². The normalized spacial score (nSPS) is 13.3. The van der Waals surface area contributed by atoms with Crippen LogP contribution in [0, 0.1) is 0 Å². The smallest absolute Gasteiger partial charge is 0.167 e. The van der Waals surface area contributed by atoms with Gasteiger partial charge in [0.05, 0.1) is 33.2 Å². The van der Waals surface area contributed by atoms with Crippen LogP contribution in [-0.4, -0.2) is 39.0 Å². The van der Waals surface area contributed by atoms with Gasteiger partial charge in [0.2, 0.25) is 0 Å². The van der Waals surface area contributed by atoms with Crippen LogP contribution in [0.3, 0.4) is 0 Å². The summed E-state index contributed by atoms with van der Waals surface area (Å²) >= 11 is 0. The summed E-state index contributed by atoms with van der Waals surface area (Å²) in [5.74, 6) is 7.14. The summed E-state index contributed by atoms with van der Waals surface area (Å²) < 4.78 is 31.6.